The fourth-order valence-corrected chi connectivity index (χ4v) is 2.12. The van der Waals surface area contributed by atoms with E-state index in [1.165, 1.54) is 7.11 Å². The molecule has 0 radical (unpaired) electrons. The molecule has 1 saturated heterocycles. The highest BCUT2D eigenvalue weighted by Gasteiger charge is 2.27. The molecule has 0 saturated carbocycles. The molecule has 1 rings (SSSR count). The van der Waals surface area contributed by atoms with Crippen LogP contribution in [0.1, 0.15) is 12.8 Å². The van der Waals surface area contributed by atoms with Crippen LogP contribution >= 0.6 is 0 Å². The van der Waals surface area contributed by atoms with Crippen molar-refractivity contribution in [2.24, 2.45) is 5.92 Å². The Morgan fingerprint density at radius 3 is 2.94 bits per heavy atom. The van der Waals surface area contributed by atoms with Gasteiger partial charge in [-0.2, -0.15) is 0 Å². The number of piperidine rings is 1. The van der Waals surface area contributed by atoms with Gasteiger partial charge in [-0.05, 0) is 19.4 Å². The average Bonchev–Trinajstić information content (AvgIpc) is 2.28. The highest BCUT2D eigenvalue weighted by molar-refractivity contribution is 5.72. The van der Waals surface area contributed by atoms with Gasteiger partial charge in [0.2, 0.25) is 0 Å². The highest BCUT2D eigenvalue weighted by Crippen LogP contribution is 2.17. The molecule has 1 aliphatic heterocycles. The van der Waals surface area contributed by atoms with Gasteiger partial charge < -0.3 is 14.6 Å². The number of methoxy groups -OCH3 is 2. The molecule has 16 heavy (non-hydrogen) atoms. The first kappa shape index (κ1) is 13.4. The Hall–Kier alpha value is -0.650. The summed E-state index contributed by atoms with van der Waals surface area (Å²) in [4.78, 5) is 13.5. The number of carbonyl (C=O) groups is 1. The number of likely N-dealkylation sites (tertiary alicyclic amines) is 1. The maximum absolute atomic E-state index is 11.4. The molecular formula is C11H21NO4. The van der Waals surface area contributed by atoms with Crippen molar-refractivity contribution in [2.45, 2.75) is 18.9 Å². The first-order valence-corrected chi connectivity index (χ1v) is 5.64. The predicted octanol–water partition coefficient (Wildman–Crippen LogP) is -0.121. The third-order valence-corrected chi connectivity index (χ3v) is 2.87. The van der Waals surface area contributed by atoms with Crippen LogP contribution in [0.15, 0.2) is 0 Å². The van der Waals surface area contributed by atoms with Gasteiger partial charge in [-0.3, -0.25) is 9.69 Å². The fourth-order valence-electron chi connectivity index (χ4n) is 2.12. The zero-order valence-corrected chi connectivity index (χ0v) is 10.0. The van der Waals surface area contributed by atoms with Crippen LogP contribution in [0.4, 0.5) is 0 Å². The van der Waals surface area contributed by atoms with E-state index in [2.05, 4.69) is 4.90 Å². The molecule has 0 aromatic heterocycles. The average molecular weight is 231 g/mol. The summed E-state index contributed by atoms with van der Waals surface area (Å²) < 4.78 is 9.61. The van der Waals surface area contributed by atoms with Crippen molar-refractivity contribution in [1.82, 2.24) is 4.90 Å². The second-order valence-electron chi connectivity index (χ2n) is 4.23. The smallest absolute Gasteiger partial charge is 0.309 e. The van der Waals surface area contributed by atoms with Gasteiger partial charge >= 0.3 is 5.97 Å². The Bertz CT molecular complexity index is 222. The highest BCUT2D eigenvalue weighted by atomic mass is 16.5. The molecule has 1 N–H and O–H groups in total. The minimum Gasteiger partial charge on any atom is -0.469 e. The minimum atomic E-state index is -0.485. The van der Waals surface area contributed by atoms with E-state index >= 15 is 0 Å². The third kappa shape index (κ3) is 4.08. The molecule has 5 heteroatoms. The first-order chi connectivity index (χ1) is 7.67. The lowest BCUT2D eigenvalue weighted by Crippen LogP contribution is -2.43. The molecule has 0 bridgehead atoms. The monoisotopic (exact) mass is 231 g/mol. The van der Waals surface area contributed by atoms with Gasteiger partial charge in [0.1, 0.15) is 0 Å². The van der Waals surface area contributed by atoms with Gasteiger partial charge in [0.25, 0.3) is 0 Å². The van der Waals surface area contributed by atoms with Crippen LogP contribution < -0.4 is 0 Å². The van der Waals surface area contributed by atoms with Gasteiger partial charge in [-0.25, -0.2) is 0 Å². The van der Waals surface area contributed by atoms with Crippen molar-refractivity contribution in [1.29, 1.82) is 0 Å². The molecule has 0 spiro atoms. The van der Waals surface area contributed by atoms with E-state index < -0.39 is 6.10 Å². The minimum absolute atomic E-state index is 0.0477. The van der Waals surface area contributed by atoms with Gasteiger partial charge in [0.05, 0.1) is 25.7 Å². The fraction of sp³-hybridized carbons (Fsp3) is 0.909. The van der Waals surface area contributed by atoms with Gasteiger partial charge in [0, 0.05) is 20.2 Å². The van der Waals surface area contributed by atoms with E-state index in [1.807, 2.05) is 0 Å². The Morgan fingerprint density at radius 2 is 2.31 bits per heavy atom. The molecule has 94 valence electrons. The number of rotatable bonds is 5. The van der Waals surface area contributed by atoms with Gasteiger partial charge in [-0.1, -0.05) is 0 Å². The Morgan fingerprint density at radius 1 is 1.56 bits per heavy atom. The topological polar surface area (TPSA) is 59.0 Å². The summed E-state index contributed by atoms with van der Waals surface area (Å²) >= 11 is 0. The van der Waals surface area contributed by atoms with E-state index in [0.717, 1.165) is 19.4 Å². The number of nitrogens with zero attached hydrogens (tertiary/aromatic N) is 1. The molecular weight excluding hydrogens is 210 g/mol. The summed E-state index contributed by atoms with van der Waals surface area (Å²) in [5.41, 5.74) is 0. The van der Waals surface area contributed by atoms with E-state index in [1.54, 1.807) is 7.11 Å². The molecule has 1 unspecified atom stereocenters. The molecule has 0 aliphatic carbocycles. The zero-order valence-electron chi connectivity index (χ0n) is 10.0. The zero-order chi connectivity index (χ0) is 12.0. The predicted molar refractivity (Wildman–Crippen MR) is 59.1 cm³/mol. The lowest BCUT2D eigenvalue weighted by molar-refractivity contribution is -0.147. The number of aliphatic hydroxyl groups is 1. The van der Waals surface area contributed by atoms with Crippen molar-refractivity contribution < 1.29 is 19.4 Å². The number of carbonyl (C=O) groups excluding carboxylic acids is 1. The summed E-state index contributed by atoms with van der Waals surface area (Å²) in [6.07, 6.45) is 1.37. The largest absolute Gasteiger partial charge is 0.469 e. The van der Waals surface area contributed by atoms with E-state index in [4.69, 9.17) is 9.47 Å². The SMILES string of the molecule is COCC(O)CN1CCC[C@H](C(=O)OC)C1. The lowest BCUT2D eigenvalue weighted by Gasteiger charge is -2.32. The first-order valence-electron chi connectivity index (χ1n) is 5.64. The van der Waals surface area contributed by atoms with Gasteiger partial charge in [-0.15, -0.1) is 0 Å². The van der Waals surface area contributed by atoms with Crippen LogP contribution in [0.3, 0.4) is 0 Å². The molecule has 2 atom stereocenters. The van der Waals surface area contributed by atoms with Crippen molar-refractivity contribution in [3.63, 3.8) is 0 Å². The molecule has 5 nitrogen and oxygen atoms in total. The van der Waals surface area contributed by atoms with E-state index in [0.29, 0.717) is 19.7 Å². The third-order valence-electron chi connectivity index (χ3n) is 2.87. The van der Waals surface area contributed by atoms with E-state index in [-0.39, 0.29) is 11.9 Å². The summed E-state index contributed by atoms with van der Waals surface area (Å²) in [5.74, 6) is -0.195. The van der Waals surface area contributed by atoms with Crippen LogP contribution in [0.25, 0.3) is 0 Å². The van der Waals surface area contributed by atoms with Crippen molar-refractivity contribution in [3.8, 4) is 0 Å². The maximum atomic E-state index is 11.4. The van der Waals surface area contributed by atoms with Crippen LogP contribution in [-0.2, 0) is 14.3 Å². The Kier molecular flexibility index (Phi) is 5.73. The van der Waals surface area contributed by atoms with Crippen molar-refractivity contribution in [3.05, 3.63) is 0 Å². The summed E-state index contributed by atoms with van der Waals surface area (Å²) in [6, 6.07) is 0. The van der Waals surface area contributed by atoms with Crippen LogP contribution in [0, 0.1) is 5.92 Å². The van der Waals surface area contributed by atoms with Crippen LogP contribution in [0.2, 0.25) is 0 Å². The van der Waals surface area contributed by atoms with Crippen LogP contribution in [-0.4, -0.2) is 62.5 Å². The number of esters is 1. The molecule has 1 fully saturated rings. The Labute approximate surface area is 96.3 Å². The van der Waals surface area contributed by atoms with Gasteiger partial charge in [0.15, 0.2) is 0 Å². The summed E-state index contributed by atoms with van der Waals surface area (Å²) in [7, 11) is 2.98. The quantitative estimate of drug-likeness (QED) is 0.668. The van der Waals surface area contributed by atoms with E-state index in [9.17, 15) is 9.90 Å². The second-order valence-corrected chi connectivity index (χ2v) is 4.23. The summed E-state index contributed by atoms with van der Waals surface area (Å²) in [6.45, 7) is 2.49. The lowest BCUT2D eigenvalue weighted by atomic mass is 9.98. The van der Waals surface area contributed by atoms with Crippen molar-refractivity contribution in [2.75, 3.05) is 40.5 Å². The summed E-state index contributed by atoms with van der Waals surface area (Å²) in [5, 5.41) is 9.60. The van der Waals surface area contributed by atoms with Crippen LogP contribution in [0.5, 0.6) is 0 Å². The number of β-amino-alcohol motifs (C(OH)–C–C–N with tert-alkyl or cyclic N) is 1. The Balaban J connectivity index is 2.35. The molecule has 0 aromatic rings. The number of hydrogen-bond donors (Lipinski definition) is 1. The normalized spacial score (nSPS) is 24.1. The maximum Gasteiger partial charge on any atom is 0.309 e. The second kappa shape index (κ2) is 6.83. The number of aliphatic hydroxyl groups excluding tert-OH is 1. The molecule has 1 heterocycles. The standard InChI is InChI=1S/C11H21NO4/c1-15-8-10(13)7-12-5-3-4-9(6-12)11(14)16-2/h9-10,13H,3-8H2,1-2H3/t9-,10?/m0/s1. The number of hydrogen-bond acceptors (Lipinski definition) is 5. The molecule has 1 aliphatic rings. The molecule has 0 amide bonds. The molecule has 0 aromatic carbocycles. The number of ether oxygens (including phenoxy) is 2. The van der Waals surface area contributed by atoms with Crippen molar-refractivity contribution >= 4 is 5.97 Å².